The lowest BCUT2D eigenvalue weighted by Gasteiger charge is -2.16. The highest BCUT2D eigenvalue weighted by Crippen LogP contribution is 2.28. The molecule has 6 heteroatoms. The van der Waals surface area contributed by atoms with Crippen LogP contribution in [0.1, 0.15) is 24.1 Å². The number of nitrogens with one attached hydrogen (secondary N) is 1. The molecule has 2 rings (SSSR count). The van der Waals surface area contributed by atoms with Crippen molar-refractivity contribution in [3.8, 4) is 5.75 Å². The molecule has 0 radical (unpaired) electrons. The average molecular weight is 356 g/mol. The van der Waals surface area contributed by atoms with Gasteiger partial charge >= 0.3 is 0 Å². The summed E-state index contributed by atoms with van der Waals surface area (Å²) in [6.07, 6.45) is 0.210. The maximum Gasteiger partial charge on any atom is 0.224 e. The van der Waals surface area contributed by atoms with E-state index < -0.39 is 11.9 Å². The lowest BCUT2D eigenvalue weighted by atomic mass is 10.1. The van der Waals surface area contributed by atoms with E-state index in [0.29, 0.717) is 10.6 Å². The molecular weight excluding hydrogens is 340 g/mol. The first kappa shape index (κ1) is 17.6. The molecule has 1 N–H and O–H groups in total. The summed E-state index contributed by atoms with van der Waals surface area (Å²) in [4.78, 5) is 12.1. The number of benzene rings is 2. The van der Waals surface area contributed by atoms with Crippen molar-refractivity contribution in [2.45, 2.75) is 19.4 Å². The van der Waals surface area contributed by atoms with E-state index in [1.807, 2.05) is 12.1 Å². The molecule has 0 unspecified atom stereocenters. The van der Waals surface area contributed by atoms with Crippen molar-refractivity contribution in [3.05, 3.63) is 63.4 Å². The zero-order valence-corrected chi connectivity index (χ0v) is 14.2. The number of halogens is 3. The molecule has 0 aliphatic rings. The van der Waals surface area contributed by atoms with Crippen LogP contribution in [0.25, 0.3) is 0 Å². The maximum atomic E-state index is 13.6. The summed E-state index contributed by atoms with van der Waals surface area (Å²) in [5.41, 5.74) is 1.33. The van der Waals surface area contributed by atoms with Crippen LogP contribution < -0.4 is 10.1 Å². The number of hydrogen-bond acceptors (Lipinski definition) is 2. The number of carbonyl (C=O) groups excluding carboxylic acids is 1. The van der Waals surface area contributed by atoms with Crippen LogP contribution in [-0.2, 0) is 11.2 Å². The summed E-state index contributed by atoms with van der Waals surface area (Å²) < 4.78 is 18.6. The van der Waals surface area contributed by atoms with Crippen LogP contribution in [0.5, 0.6) is 5.75 Å². The molecule has 0 fully saturated rings. The zero-order chi connectivity index (χ0) is 17.0. The molecule has 0 aliphatic heterocycles. The molecule has 2 aromatic rings. The van der Waals surface area contributed by atoms with Crippen molar-refractivity contribution >= 4 is 29.1 Å². The SMILES string of the molecule is COc1ccc(CC(=O)N[C@H](C)c2cc(F)c(Cl)cc2Cl)cc1. The average Bonchev–Trinajstić information content (AvgIpc) is 2.51. The molecule has 122 valence electrons. The first-order chi connectivity index (χ1) is 10.9. The van der Waals surface area contributed by atoms with Gasteiger partial charge in [0.15, 0.2) is 0 Å². The predicted molar refractivity (Wildman–Crippen MR) is 89.7 cm³/mol. The molecule has 0 aromatic heterocycles. The monoisotopic (exact) mass is 355 g/mol. The van der Waals surface area contributed by atoms with Gasteiger partial charge < -0.3 is 10.1 Å². The number of rotatable bonds is 5. The molecule has 0 bridgehead atoms. The Kier molecular flexibility index (Phi) is 5.85. The van der Waals surface area contributed by atoms with Crippen molar-refractivity contribution in [2.24, 2.45) is 0 Å². The third-order valence-electron chi connectivity index (χ3n) is 3.41. The zero-order valence-electron chi connectivity index (χ0n) is 12.7. The molecule has 23 heavy (non-hydrogen) atoms. The van der Waals surface area contributed by atoms with Crippen molar-refractivity contribution in [1.82, 2.24) is 5.32 Å². The predicted octanol–water partition coefficient (Wildman–Crippen LogP) is 4.56. The van der Waals surface area contributed by atoms with Crippen molar-refractivity contribution in [3.63, 3.8) is 0 Å². The van der Waals surface area contributed by atoms with Crippen molar-refractivity contribution < 1.29 is 13.9 Å². The van der Waals surface area contributed by atoms with Crippen LogP contribution in [0.15, 0.2) is 36.4 Å². The maximum absolute atomic E-state index is 13.6. The van der Waals surface area contributed by atoms with Crippen LogP contribution in [-0.4, -0.2) is 13.0 Å². The first-order valence-corrected chi connectivity index (χ1v) is 7.73. The molecule has 1 atom stereocenters. The molecule has 0 aliphatic carbocycles. The quantitative estimate of drug-likeness (QED) is 0.798. The van der Waals surface area contributed by atoms with Gasteiger partial charge in [0.2, 0.25) is 5.91 Å². The lowest BCUT2D eigenvalue weighted by molar-refractivity contribution is -0.121. The summed E-state index contributed by atoms with van der Waals surface area (Å²) in [5, 5.41) is 3.06. The van der Waals surface area contributed by atoms with Crippen LogP contribution in [0, 0.1) is 5.82 Å². The Balaban J connectivity index is 2.03. The third kappa shape index (κ3) is 4.60. The van der Waals surface area contributed by atoms with Gasteiger partial charge in [-0.15, -0.1) is 0 Å². The van der Waals surface area contributed by atoms with Crippen molar-refractivity contribution in [1.29, 1.82) is 0 Å². The highest BCUT2D eigenvalue weighted by molar-refractivity contribution is 6.35. The summed E-state index contributed by atoms with van der Waals surface area (Å²) >= 11 is 11.7. The van der Waals surface area contributed by atoms with Crippen LogP contribution in [0.4, 0.5) is 4.39 Å². The summed E-state index contributed by atoms with van der Waals surface area (Å²) in [5.74, 6) is -0.0256. The summed E-state index contributed by atoms with van der Waals surface area (Å²) in [6.45, 7) is 1.74. The van der Waals surface area contributed by atoms with Crippen LogP contribution in [0.3, 0.4) is 0 Å². The van der Waals surface area contributed by atoms with E-state index in [9.17, 15) is 9.18 Å². The molecular formula is C17H16Cl2FNO2. The van der Waals surface area contributed by atoms with E-state index in [1.165, 1.54) is 12.1 Å². The summed E-state index contributed by atoms with van der Waals surface area (Å²) in [6, 6.07) is 9.36. The minimum atomic E-state index is -0.567. The van der Waals surface area contributed by atoms with E-state index in [2.05, 4.69) is 5.32 Å². The molecule has 0 saturated carbocycles. The second kappa shape index (κ2) is 7.66. The van der Waals surface area contributed by atoms with Gasteiger partial charge in [0.25, 0.3) is 0 Å². The largest absolute Gasteiger partial charge is 0.497 e. The van der Waals surface area contributed by atoms with E-state index in [0.717, 1.165) is 11.3 Å². The van der Waals surface area contributed by atoms with E-state index in [-0.39, 0.29) is 17.4 Å². The normalized spacial score (nSPS) is 11.9. The second-order valence-corrected chi connectivity index (χ2v) is 5.92. The highest BCUT2D eigenvalue weighted by Gasteiger charge is 2.15. The standard InChI is InChI=1S/C17H16Cl2FNO2/c1-10(13-8-16(20)15(19)9-14(13)18)21-17(22)7-11-3-5-12(23-2)6-4-11/h3-6,8-10H,7H2,1-2H3,(H,21,22)/t10-/m1/s1. The minimum absolute atomic E-state index is 0.0458. The van der Waals surface area contributed by atoms with Gasteiger partial charge in [-0.25, -0.2) is 4.39 Å². The Morgan fingerprint density at radius 3 is 2.48 bits per heavy atom. The van der Waals surface area contributed by atoms with Gasteiger partial charge in [-0.2, -0.15) is 0 Å². The number of hydrogen-bond donors (Lipinski definition) is 1. The number of carbonyl (C=O) groups is 1. The Labute approximate surface area is 144 Å². The Bertz CT molecular complexity index is 704. The van der Waals surface area contributed by atoms with Gasteiger partial charge in [0.1, 0.15) is 11.6 Å². The smallest absolute Gasteiger partial charge is 0.224 e. The molecule has 1 amide bonds. The minimum Gasteiger partial charge on any atom is -0.497 e. The Morgan fingerprint density at radius 2 is 1.87 bits per heavy atom. The highest BCUT2D eigenvalue weighted by atomic mass is 35.5. The second-order valence-electron chi connectivity index (χ2n) is 5.10. The number of amides is 1. The molecule has 3 nitrogen and oxygen atoms in total. The van der Waals surface area contributed by atoms with Gasteiger partial charge in [-0.3, -0.25) is 4.79 Å². The topological polar surface area (TPSA) is 38.3 Å². The molecule has 0 spiro atoms. The fourth-order valence-electron chi connectivity index (χ4n) is 2.17. The number of ether oxygens (including phenoxy) is 1. The molecule has 2 aromatic carbocycles. The number of methoxy groups -OCH3 is 1. The van der Waals surface area contributed by atoms with Crippen LogP contribution >= 0.6 is 23.2 Å². The van der Waals surface area contributed by atoms with Gasteiger partial charge in [0.05, 0.1) is 24.6 Å². The van der Waals surface area contributed by atoms with Crippen LogP contribution in [0.2, 0.25) is 10.0 Å². The van der Waals surface area contributed by atoms with E-state index >= 15 is 0 Å². The fraction of sp³-hybridized carbons (Fsp3) is 0.235. The van der Waals surface area contributed by atoms with Gasteiger partial charge in [-0.05, 0) is 42.3 Å². The third-order valence-corrected chi connectivity index (χ3v) is 4.02. The molecule has 0 heterocycles. The van der Waals surface area contributed by atoms with Gasteiger partial charge in [-0.1, -0.05) is 35.3 Å². The first-order valence-electron chi connectivity index (χ1n) is 6.97. The Hall–Kier alpha value is -1.78. The van der Waals surface area contributed by atoms with Gasteiger partial charge in [0, 0.05) is 5.02 Å². The summed E-state index contributed by atoms with van der Waals surface area (Å²) in [7, 11) is 1.58. The van der Waals surface area contributed by atoms with Crippen molar-refractivity contribution in [2.75, 3.05) is 7.11 Å². The molecule has 0 saturated heterocycles. The van der Waals surface area contributed by atoms with E-state index in [1.54, 1.807) is 26.2 Å². The fourth-order valence-corrected chi connectivity index (χ4v) is 2.72. The van der Waals surface area contributed by atoms with E-state index in [4.69, 9.17) is 27.9 Å². The lowest BCUT2D eigenvalue weighted by Crippen LogP contribution is -2.28. The Morgan fingerprint density at radius 1 is 1.22 bits per heavy atom.